The van der Waals surface area contributed by atoms with Crippen molar-refractivity contribution in [1.82, 2.24) is 19.8 Å². The Balaban J connectivity index is 1.50. The van der Waals surface area contributed by atoms with E-state index in [9.17, 15) is 9.59 Å². The predicted octanol–water partition coefficient (Wildman–Crippen LogP) is 1.80. The van der Waals surface area contributed by atoms with Crippen LogP contribution < -0.4 is 5.32 Å². The highest BCUT2D eigenvalue weighted by Crippen LogP contribution is 2.18. The smallest absolute Gasteiger partial charge is 0.274 e. The molecule has 1 aliphatic rings. The molecule has 0 spiro atoms. The topological polar surface area (TPSA) is 78.4 Å². The number of hydrogen-bond acceptors (Lipinski definition) is 5. The van der Waals surface area contributed by atoms with Crippen molar-refractivity contribution in [3.05, 3.63) is 53.1 Å². The van der Waals surface area contributed by atoms with Gasteiger partial charge in [-0.2, -0.15) is 0 Å². The van der Waals surface area contributed by atoms with E-state index in [1.807, 2.05) is 39.0 Å². The summed E-state index contributed by atoms with van der Waals surface area (Å²) >= 11 is 0. The number of piperazine rings is 1. The molecule has 1 saturated heterocycles. The number of aromatic nitrogens is 2. The van der Waals surface area contributed by atoms with Crippen molar-refractivity contribution in [3.8, 4) is 0 Å². The third-order valence-corrected chi connectivity index (χ3v) is 4.91. The first-order valence-electron chi connectivity index (χ1n) is 9.10. The average molecular weight is 367 g/mol. The van der Waals surface area contributed by atoms with Gasteiger partial charge in [0.25, 0.3) is 5.91 Å². The van der Waals surface area contributed by atoms with Crippen LogP contribution in [-0.4, -0.2) is 64.3 Å². The maximum atomic E-state index is 12.5. The van der Waals surface area contributed by atoms with Crippen LogP contribution in [0.5, 0.6) is 0 Å². The van der Waals surface area contributed by atoms with E-state index < -0.39 is 0 Å². The molecule has 2 aromatic rings. The zero-order valence-electron chi connectivity index (χ0n) is 16.0. The van der Waals surface area contributed by atoms with Gasteiger partial charge in [0.05, 0.1) is 18.4 Å². The van der Waals surface area contributed by atoms with Gasteiger partial charge in [-0.1, -0.05) is 12.1 Å². The summed E-state index contributed by atoms with van der Waals surface area (Å²) in [6.45, 7) is 8.65. The highest BCUT2D eigenvalue weighted by Gasteiger charge is 2.24. The van der Waals surface area contributed by atoms with E-state index >= 15 is 0 Å². The molecule has 1 N–H and O–H groups in total. The molecule has 1 aromatic heterocycles. The highest BCUT2D eigenvalue weighted by molar-refractivity contribution is 5.93. The van der Waals surface area contributed by atoms with E-state index in [4.69, 9.17) is 0 Å². The molecule has 0 aliphatic carbocycles. The fourth-order valence-corrected chi connectivity index (χ4v) is 3.05. The maximum absolute atomic E-state index is 12.5. The van der Waals surface area contributed by atoms with Crippen molar-refractivity contribution in [3.63, 3.8) is 0 Å². The van der Waals surface area contributed by atoms with Crippen LogP contribution in [0.2, 0.25) is 0 Å². The van der Waals surface area contributed by atoms with Gasteiger partial charge in [0.2, 0.25) is 5.91 Å². The zero-order chi connectivity index (χ0) is 19.4. The van der Waals surface area contributed by atoms with Gasteiger partial charge in [-0.25, -0.2) is 4.98 Å². The minimum absolute atomic E-state index is 0.0344. The number of aryl methyl sites for hydroxylation is 2. The first-order valence-corrected chi connectivity index (χ1v) is 9.10. The first kappa shape index (κ1) is 19.0. The number of nitrogens with zero attached hydrogens (tertiary/aromatic N) is 4. The largest absolute Gasteiger partial charge is 0.335 e. The first-order chi connectivity index (χ1) is 12.9. The predicted molar refractivity (Wildman–Crippen MR) is 104 cm³/mol. The van der Waals surface area contributed by atoms with Gasteiger partial charge >= 0.3 is 0 Å². The number of carbonyl (C=O) groups is 2. The van der Waals surface area contributed by atoms with Crippen LogP contribution >= 0.6 is 0 Å². The fraction of sp³-hybridized carbons (Fsp3) is 0.400. The van der Waals surface area contributed by atoms with Gasteiger partial charge in [-0.3, -0.25) is 19.5 Å². The number of anilines is 1. The van der Waals surface area contributed by atoms with Crippen LogP contribution in [0.15, 0.2) is 30.6 Å². The Morgan fingerprint density at radius 3 is 2.44 bits per heavy atom. The molecule has 142 valence electrons. The SMILES string of the molecule is Cc1cnc(C(=O)N2CCN(CC(=O)Nc3cccc(C)c3C)CC2)cn1. The van der Waals surface area contributed by atoms with Gasteiger partial charge in [0.1, 0.15) is 5.69 Å². The molecule has 0 radical (unpaired) electrons. The standard InChI is InChI=1S/C20H25N5O2/c1-14-5-4-6-17(16(14)3)23-19(26)13-24-7-9-25(10-8-24)20(27)18-12-21-15(2)11-22-18/h4-6,11-12H,7-10,13H2,1-3H3,(H,23,26). The van der Waals surface area contributed by atoms with Gasteiger partial charge in [0, 0.05) is 38.1 Å². The van der Waals surface area contributed by atoms with Gasteiger partial charge < -0.3 is 10.2 Å². The van der Waals surface area contributed by atoms with E-state index in [0.717, 1.165) is 22.5 Å². The van der Waals surface area contributed by atoms with Crippen molar-refractivity contribution in [1.29, 1.82) is 0 Å². The Kier molecular flexibility index (Phi) is 5.81. The molecule has 0 unspecified atom stereocenters. The van der Waals surface area contributed by atoms with Crippen molar-refractivity contribution in [2.45, 2.75) is 20.8 Å². The average Bonchev–Trinajstić information content (AvgIpc) is 2.66. The van der Waals surface area contributed by atoms with Gasteiger partial charge in [0.15, 0.2) is 0 Å². The molecular weight excluding hydrogens is 342 g/mol. The molecule has 27 heavy (non-hydrogen) atoms. The summed E-state index contributed by atoms with van der Waals surface area (Å²) in [5, 5.41) is 2.98. The second-order valence-corrected chi connectivity index (χ2v) is 6.91. The van der Waals surface area contributed by atoms with Crippen molar-refractivity contribution in [2.24, 2.45) is 0 Å². The lowest BCUT2D eigenvalue weighted by atomic mass is 10.1. The van der Waals surface area contributed by atoms with E-state index in [1.54, 1.807) is 11.1 Å². The molecule has 0 saturated carbocycles. The second kappa shape index (κ2) is 8.26. The molecule has 1 aromatic carbocycles. The summed E-state index contributed by atoms with van der Waals surface area (Å²) in [5.74, 6) is -0.144. The zero-order valence-corrected chi connectivity index (χ0v) is 16.0. The molecule has 0 bridgehead atoms. The van der Waals surface area contributed by atoms with Crippen molar-refractivity contribution in [2.75, 3.05) is 38.0 Å². The number of hydrogen-bond donors (Lipinski definition) is 1. The fourth-order valence-electron chi connectivity index (χ4n) is 3.05. The van der Waals surface area contributed by atoms with Gasteiger partial charge in [-0.15, -0.1) is 0 Å². The van der Waals surface area contributed by atoms with Crippen LogP contribution in [0.3, 0.4) is 0 Å². The number of nitrogens with one attached hydrogen (secondary N) is 1. The lowest BCUT2D eigenvalue weighted by Gasteiger charge is -2.34. The monoisotopic (exact) mass is 367 g/mol. The Hall–Kier alpha value is -2.80. The molecule has 7 nitrogen and oxygen atoms in total. The molecule has 0 atom stereocenters. The summed E-state index contributed by atoms with van der Waals surface area (Å²) in [7, 11) is 0. The van der Waals surface area contributed by atoms with E-state index in [-0.39, 0.29) is 11.8 Å². The van der Waals surface area contributed by atoms with Crippen LogP contribution in [-0.2, 0) is 4.79 Å². The quantitative estimate of drug-likeness (QED) is 0.891. The minimum atomic E-state index is -0.109. The summed E-state index contributed by atoms with van der Waals surface area (Å²) in [6, 6.07) is 5.88. The molecule has 1 aliphatic heterocycles. The van der Waals surface area contributed by atoms with Crippen LogP contribution in [0.1, 0.15) is 27.3 Å². The molecule has 3 rings (SSSR count). The summed E-state index contributed by atoms with van der Waals surface area (Å²) in [6.07, 6.45) is 3.11. The maximum Gasteiger partial charge on any atom is 0.274 e. The molecular formula is C20H25N5O2. The summed E-state index contributed by atoms with van der Waals surface area (Å²) in [5.41, 5.74) is 4.24. The van der Waals surface area contributed by atoms with Crippen LogP contribution in [0.4, 0.5) is 5.69 Å². The minimum Gasteiger partial charge on any atom is -0.335 e. The van der Waals surface area contributed by atoms with E-state index in [2.05, 4.69) is 20.2 Å². The highest BCUT2D eigenvalue weighted by atomic mass is 16.2. The lowest BCUT2D eigenvalue weighted by molar-refractivity contribution is -0.117. The Labute approximate surface area is 159 Å². The van der Waals surface area contributed by atoms with Crippen molar-refractivity contribution < 1.29 is 9.59 Å². The Morgan fingerprint density at radius 1 is 1.04 bits per heavy atom. The van der Waals surface area contributed by atoms with Crippen molar-refractivity contribution >= 4 is 17.5 Å². The third-order valence-electron chi connectivity index (χ3n) is 4.91. The van der Waals surface area contributed by atoms with E-state index in [1.165, 1.54) is 6.20 Å². The van der Waals surface area contributed by atoms with Crippen LogP contribution in [0, 0.1) is 20.8 Å². The normalized spacial score (nSPS) is 14.9. The number of benzene rings is 1. The number of amides is 2. The Morgan fingerprint density at radius 2 is 1.78 bits per heavy atom. The third kappa shape index (κ3) is 4.68. The molecule has 1 fully saturated rings. The molecule has 2 heterocycles. The Bertz CT molecular complexity index is 827. The van der Waals surface area contributed by atoms with Crippen LogP contribution in [0.25, 0.3) is 0 Å². The number of carbonyl (C=O) groups excluding carboxylic acids is 2. The molecule has 2 amide bonds. The summed E-state index contributed by atoms with van der Waals surface area (Å²) in [4.78, 5) is 36.9. The lowest BCUT2D eigenvalue weighted by Crippen LogP contribution is -2.50. The number of rotatable bonds is 4. The van der Waals surface area contributed by atoms with Gasteiger partial charge in [-0.05, 0) is 38.0 Å². The second-order valence-electron chi connectivity index (χ2n) is 6.91. The van der Waals surface area contributed by atoms with E-state index in [0.29, 0.717) is 38.4 Å². The summed E-state index contributed by atoms with van der Waals surface area (Å²) < 4.78 is 0. The molecule has 7 heteroatoms.